The van der Waals surface area contributed by atoms with Gasteiger partial charge in [0.15, 0.2) is 0 Å². The molecule has 0 aromatic carbocycles. The Kier molecular flexibility index (Phi) is 4.48. The molecule has 0 spiro atoms. The van der Waals surface area contributed by atoms with Crippen molar-refractivity contribution in [3.8, 4) is 5.88 Å². The normalized spacial score (nSPS) is 18.0. The number of likely N-dealkylation sites (tertiary alicyclic amines) is 1. The van der Waals surface area contributed by atoms with E-state index in [1.54, 1.807) is 37.6 Å². The van der Waals surface area contributed by atoms with Crippen molar-refractivity contribution in [3.05, 3.63) is 30.4 Å². The minimum Gasteiger partial charge on any atom is -0.479 e. The van der Waals surface area contributed by atoms with E-state index in [1.165, 1.54) is 12.8 Å². The van der Waals surface area contributed by atoms with Gasteiger partial charge in [-0.05, 0) is 31.7 Å². The highest BCUT2D eigenvalue weighted by molar-refractivity contribution is 5.96. The van der Waals surface area contributed by atoms with Gasteiger partial charge in [0, 0.05) is 44.6 Å². The fourth-order valence-electron chi connectivity index (χ4n) is 3.74. The standard InChI is InChI=1S/C18H24N6O2/c1-22-11-15(17(21-22)26-2)18(25)23-9-6-14(7-10-23)24(13-3-4-13)16-5-8-19-12-20-16/h5,8,11-14H,3-4,6-7,9-10H2,1-2H3. The summed E-state index contributed by atoms with van der Waals surface area (Å²) < 4.78 is 6.85. The number of ether oxygens (including phenoxy) is 1. The van der Waals surface area contributed by atoms with E-state index < -0.39 is 0 Å². The average Bonchev–Trinajstić information content (AvgIpc) is 3.43. The fraction of sp³-hybridized carbons (Fsp3) is 0.556. The number of carbonyl (C=O) groups excluding carboxylic acids is 1. The van der Waals surface area contributed by atoms with Gasteiger partial charge in [0.05, 0.1) is 7.11 Å². The second-order valence-electron chi connectivity index (χ2n) is 6.96. The Bertz CT molecular complexity index is 765. The Morgan fingerprint density at radius 3 is 2.58 bits per heavy atom. The maximum atomic E-state index is 12.8. The summed E-state index contributed by atoms with van der Waals surface area (Å²) in [6.45, 7) is 1.46. The molecule has 2 fully saturated rings. The first kappa shape index (κ1) is 16.8. The number of rotatable bonds is 5. The van der Waals surface area contributed by atoms with E-state index in [0.29, 0.717) is 23.5 Å². The number of aromatic nitrogens is 4. The third-order valence-electron chi connectivity index (χ3n) is 5.13. The zero-order chi connectivity index (χ0) is 18.1. The fourth-order valence-corrected chi connectivity index (χ4v) is 3.74. The summed E-state index contributed by atoms with van der Waals surface area (Å²) in [5.41, 5.74) is 0.531. The molecular weight excluding hydrogens is 332 g/mol. The van der Waals surface area contributed by atoms with Gasteiger partial charge in [-0.25, -0.2) is 9.97 Å². The molecule has 2 aromatic heterocycles. The van der Waals surface area contributed by atoms with Gasteiger partial charge in [-0.2, -0.15) is 0 Å². The highest BCUT2D eigenvalue weighted by atomic mass is 16.5. The molecule has 0 radical (unpaired) electrons. The molecule has 138 valence electrons. The number of hydrogen-bond acceptors (Lipinski definition) is 6. The second-order valence-corrected chi connectivity index (χ2v) is 6.96. The van der Waals surface area contributed by atoms with Gasteiger partial charge in [0.25, 0.3) is 5.91 Å². The molecule has 4 rings (SSSR count). The van der Waals surface area contributed by atoms with Crippen LogP contribution in [0, 0.1) is 0 Å². The Labute approximate surface area is 152 Å². The van der Waals surface area contributed by atoms with Crippen molar-refractivity contribution >= 4 is 11.7 Å². The summed E-state index contributed by atoms with van der Waals surface area (Å²) in [4.78, 5) is 25.7. The van der Waals surface area contributed by atoms with E-state index in [9.17, 15) is 4.79 Å². The van der Waals surface area contributed by atoms with E-state index in [2.05, 4.69) is 20.0 Å². The van der Waals surface area contributed by atoms with E-state index in [-0.39, 0.29) is 5.91 Å². The molecule has 1 saturated heterocycles. The number of hydrogen-bond donors (Lipinski definition) is 0. The van der Waals surface area contributed by atoms with Crippen molar-refractivity contribution in [1.29, 1.82) is 0 Å². The van der Waals surface area contributed by atoms with Crippen molar-refractivity contribution in [2.45, 2.75) is 37.8 Å². The van der Waals surface area contributed by atoms with Crippen molar-refractivity contribution < 1.29 is 9.53 Å². The lowest BCUT2D eigenvalue weighted by atomic mass is 10.0. The minimum absolute atomic E-state index is 0.00610. The molecule has 2 aliphatic rings. The molecule has 1 aliphatic heterocycles. The zero-order valence-electron chi connectivity index (χ0n) is 15.2. The minimum atomic E-state index is -0.00610. The topological polar surface area (TPSA) is 76.4 Å². The summed E-state index contributed by atoms with van der Waals surface area (Å²) in [7, 11) is 3.33. The molecule has 1 amide bonds. The number of amides is 1. The third-order valence-corrected chi connectivity index (χ3v) is 5.13. The number of piperidine rings is 1. The van der Waals surface area contributed by atoms with E-state index in [1.807, 2.05) is 11.0 Å². The van der Waals surface area contributed by atoms with Gasteiger partial charge >= 0.3 is 0 Å². The van der Waals surface area contributed by atoms with E-state index >= 15 is 0 Å². The van der Waals surface area contributed by atoms with Gasteiger partial charge in [0.2, 0.25) is 5.88 Å². The largest absolute Gasteiger partial charge is 0.479 e. The van der Waals surface area contributed by atoms with Crippen molar-refractivity contribution in [1.82, 2.24) is 24.6 Å². The molecule has 1 aliphatic carbocycles. The van der Waals surface area contributed by atoms with Crippen LogP contribution in [0.25, 0.3) is 0 Å². The summed E-state index contributed by atoms with van der Waals surface area (Å²) in [5, 5.41) is 4.18. The van der Waals surface area contributed by atoms with Gasteiger partial charge in [-0.15, -0.1) is 5.10 Å². The molecular formula is C18H24N6O2. The lowest BCUT2D eigenvalue weighted by molar-refractivity contribution is 0.0708. The quantitative estimate of drug-likeness (QED) is 0.808. The number of anilines is 1. The molecule has 8 nitrogen and oxygen atoms in total. The summed E-state index contributed by atoms with van der Waals surface area (Å²) >= 11 is 0. The smallest absolute Gasteiger partial charge is 0.260 e. The molecule has 26 heavy (non-hydrogen) atoms. The van der Waals surface area contributed by atoms with Crippen LogP contribution in [-0.2, 0) is 7.05 Å². The lowest BCUT2D eigenvalue weighted by Crippen LogP contribution is -2.48. The Hall–Kier alpha value is -2.64. The monoisotopic (exact) mass is 356 g/mol. The molecule has 0 bridgehead atoms. The molecule has 2 aromatic rings. The van der Waals surface area contributed by atoms with Crippen LogP contribution in [0.2, 0.25) is 0 Å². The van der Waals surface area contributed by atoms with Crippen molar-refractivity contribution in [3.63, 3.8) is 0 Å². The van der Waals surface area contributed by atoms with Crippen molar-refractivity contribution in [2.24, 2.45) is 7.05 Å². The highest BCUT2D eigenvalue weighted by Gasteiger charge is 2.37. The SMILES string of the molecule is COc1nn(C)cc1C(=O)N1CCC(N(c2ccncn2)C2CC2)CC1. The molecule has 3 heterocycles. The van der Waals surface area contributed by atoms with Crippen LogP contribution in [0.4, 0.5) is 5.82 Å². The number of nitrogens with zero attached hydrogens (tertiary/aromatic N) is 6. The second kappa shape index (κ2) is 6.93. The van der Waals surface area contributed by atoms with Gasteiger partial charge in [-0.1, -0.05) is 0 Å². The van der Waals surface area contributed by atoms with Crippen LogP contribution in [0.15, 0.2) is 24.8 Å². The first-order valence-corrected chi connectivity index (χ1v) is 9.08. The van der Waals surface area contributed by atoms with Gasteiger partial charge in [-0.3, -0.25) is 9.48 Å². The van der Waals surface area contributed by atoms with Crippen LogP contribution in [0.5, 0.6) is 5.88 Å². The molecule has 0 atom stereocenters. The van der Waals surface area contributed by atoms with E-state index in [4.69, 9.17) is 4.74 Å². The first-order chi connectivity index (χ1) is 12.7. The van der Waals surface area contributed by atoms with E-state index in [0.717, 1.165) is 31.7 Å². The average molecular weight is 356 g/mol. The Morgan fingerprint density at radius 2 is 1.96 bits per heavy atom. The van der Waals surface area contributed by atoms with Crippen LogP contribution >= 0.6 is 0 Å². The summed E-state index contributed by atoms with van der Waals surface area (Å²) in [6.07, 6.45) is 9.45. The van der Waals surface area contributed by atoms with Crippen molar-refractivity contribution in [2.75, 3.05) is 25.1 Å². The summed E-state index contributed by atoms with van der Waals surface area (Å²) in [5.74, 6) is 1.38. The van der Waals surface area contributed by atoms with Crippen LogP contribution in [-0.4, -0.2) is 62.8 Å². The van der Waals surface area contributed by atoms with Gasteiger partial charge in [0.1, 0.15) is 17.7 Å². The van der Waals surface area contributed by atoms with Crippen LogP contribution in [0.1, 0.15) is 36.0 Å². The number of aryl methyl sites for hydroxylation is 1. The zero-order valence-corrected chi connectivity index (χ0v) is 15.2. The van der Waals surface area contributed by atoms with Crippen LogP contribution < -0.4 is 9.64 Å². The summed E-state index contributed by atoms with van der Waals surface area (Å²) in [6, 6.07) is 2.98. The number of carbonyl (C=O) groups is 1. The molecule has 1 saturated carbocycles. The first-order valence-electron chi connectivity index (χ1n) is 9.08. The molecule has 0 N–H and O–H groups in total. The third kappa shape index (κ3) is 3.23. The maximum Gasteiger partial charge on any atom is 0.260 e. The lowest BCUT2D eigenvalue weighted by Gasteiger charge is -2.39. The predicted molar refractivity (Wildman–Crippen MR) is 96.2 cm³/mol. The highest BCUT2D eigenvalue weighted by Crippen LogP contribution is 2.35. The maximum absolute atomic E-state index is 12.8. The number of methoxy groups -OCH3 is 1. The molecule has 8 heteroatoms. The predicted octanol–water partition coefficient (Wildman–Crippen LogP) is 1.49. The Morgan fingerprint density at radius 1 is 1.23 bits per heavy atom. The Balaban J connectivity index is 1.44. The van der Waals surface area contributed by atoms with Gasteiger partial charge < -0.3 is 14.5 Å². The molecule has 0 unspecified atom stereocenters. The van der Waals surface area contributed by atoms with Crippen LogP contribution in [0.3, 0.4) is 0 Å².